The number of carbonyl (C=O) groups is 1. The Morgan fingerprint density at radius 2 is 1.86 bits per heavy atom. The van der Waals surface area contributed by atoms with E-state index < -0.39 is 0 Å². The van der Waals surface area contributed by atoms with Gasteiger partial charge < -0.3 is 19.2 Å². The largest absolute Gasteiger partial charge is 0.338 e. The smallest absolute Gasteiger partial charge is 0.232 e. The van der Waals surface area contributed by atoms with Gasteiger partial charge in [0.05, 0.1) is 12.1 Å². The number of likely N-dealkylation sites (N-methyl/N-ethyl adjacent to an activating group) is 1. The SMILES string of the molecule is CCCN(Cc1c(-c2ccc(F)cc2)noc1N1CCN(C)CC1)C(=O)C(C)C. The number of hydrogen-bond donors (Lipinski definition) is 0. The second-order valence-electron chi connectivity index (χ2n) is 8.03. The Morgan fingerprint density at radius 3 is 2.45 bits per heavy atom. The fraction of sp³-hybridized carbons (Fsp3) is 0.545. The van der Waals surface area contributed by atoms with Crippen molar-refractivity contribution in [1.29, 1.82) is 0 Å². The molecule has 1 aliphatic heterocycles. The first-order chi connectivity index (χ1) is 13.9. The highest BCUT2D eigenvalue weighted by molar-refractivity contribution is 5.79. The highest BCUT2D eigenvalue weighted by Crippen LogP contribution is 2.33. The molecule has 1 aliphatic rings. The van der Waals surface area contributed by atoms with E-state index in [0.717, 1.165) is 49.6 Å². The molecule has 0 atom stereocenters. The van der Waals surface area contributed by atoms with E-state index in [4.69, 9.17) is 4.52 Å². The predicted molar refractivity (Wildman–Crippen MR) is 112 cm³/mol. The van der Waals surface area contributed by atoms with Crippen LogP contribution in [0.15, 0.2) is 28.8 Å². The third-order valence-electron chi connectivity index (χ3n) is 5.32. The molecule has 0 bridgehead atoms. The summed E-state index contributed by atoms with van der Waals surface area (Å²) < 4.78 is 19.2. The normalized spacial score (nSPS) is 15.2. The van der Waals surface area contributed by atoms with Gasteiger partial charge in [0, 0.05) is 44.2 Å². The lowest BCUT2D eigenvalue weighted by Gasteiger charge is -2.33. The summed E-state index contributed by atoms with van der Waals surface area (Å²) in [6.07, 6.45) is 0.874. The molecule has 2 heterocycles. The summed E-state index contributed by atoms with van der Waals surface area (Å²) in [5.41, 5.74) is 2.36. The Hall–Kier alpha value is -2.41. The molecule has 7 heteroatoms. The molecule has 6 nitrogen and oxygen atoms in total. The number of carbonyl (C=O) groups excluding carboxylic acids is 1. The Balaban J connectivity index is 1.99. The van der Waals surface area contributed by atoms with Crippen LogP contribution in [0.1, 0.15) is 32.8 Å². The molecule has 0 saturated carbocycles. The lowest BCUT2D eigenvalue weighted by molar-refractivity contribution is -0.135. The van der Waals surface area contributed by atoms with Gasteiger partial charge in [-0.1, -0.05) is 25.9 Å². The number of hydrogen-bond acceptors (Lipinski definition) is 5. The average molecular weight is 403 g/mol. The number of halogens is 1. The van der Waals surface area contributed by atoms with Crippen molar-refractivity contribution >= 4 is 11.8 Å². The fourth-order valence-electron chi connectivity index (χ4n) is 3.63. The molecule has 3 rings (SSSR count). The van der Waals surface area contributed by atoms with Crippen molar-refractivity contribution in [1.82, 2.24) is 15.0 Å². The predicted octanol–water partition coefficient (Wildman–Crippen LogP) is 3.63. The van der Waals surface area contributed by atoms with E-state index in [0.29, 0.717) is 18.8 Å². The lowest BCUT2D eigenvalue weighted by Crippen LogP contribution is -2.45. The minimum atomic E-state index is -0.291. The Kier molecular flexibility index (Phi) is 6.90. The number of nitrogens with zero attached hydrogens (tertiary/aromatic N) is 4. The van der Waals surface area contributed by atoms with Crippen molar-refractivity contribution in [2.24, 2.45) is 5.92 Å². The van der Waals surface area contributed by atoms with Crippen LogP contribution in [0.3, 0.4) is 0 Å². The highest BCUT2D eigenvalue weighted by Gasteiger charge is 2.28. The van der Waals surface area contributed by atoms with Gasteiger partial charge in [0.15, 0.2) is 0 Å². The number of amides is 1. The van der Waals surface area contributed by atoms with E-state index in [-0.39, 0.29) is 17.6 Å². The fourth-order valence-corrected chi connectivity index (χ4v) is 3.63. The summed E-state index contributed by atoms with van der Waals surface area (Å²) in [5.74, 6) is 0.459. The van der Waals surface area contributed by atoms with E-state index in [1.807, 2.05) is 18.7 Å². The molecular weight excluding hydrogens is 371 g/mol. The Morgan fingerprint density at radius 1 is 1.21 bits per heavy atom. The van der Waals surface area contributed by atoms with E-state index >= 15 is 0 Å². The summed E-state index contributed by atoms with van der Waals surface area (Å²) in [5, 5.41) is 4.34. The zero-order valence-electron chi connectivity index (χ0n) is 17.8. The molecule has 0 spiro atoms. The molecule has 0 unspecified atom stereocenters. The lowest BCUT2D eigenvalue weighted by atomic mass is 10.1. The number of benzene rings is 1. The van der Waals surface area contributed by atoms with Crippen molar-refractivity contribution in [3.63, 3.8) is 0 Å². The molecule has 29 heavy (non-hydrogen) atoms. The van der Waals surface area contributed by atoms with Crippen molar-refractivity contribution in [3.05, 3.63) is 35.6 Å². The van der Waals surface area contributed by atoms with Gasteiger partial charge in [0.25, 0.3) is 0 Å². The van der Waals surface area contributed by atoms with Crippen molar-refractivity contribution in [2.45, 2.75) is 33.7 Å². The van der Waals surface area contributed by atoms with Crippen LogP contribution >= 0.6 is 0 Å². The summed E-state index contributed by atoms with van der Waals surface area (Å²) in [4.78, 5) is 19.1. The van der Waals surface area contributed by atoms with Gasteiger partial charge in [-0.3, -0.25) is 4.79 Å². The number of anilines is 1. The number of aromatic nitrogens is 1. The van der Waals surface area contributed by atoms with Gasteiger partial charge in [-0.25, -0.2) is 4.39 Å². The molecule has 1 amide bonds. The molecule has 0 radical (unpaired) electrons. The van der Waals surface area contributed by atoms with Crippen LogP contribution in [-0.4, -0.2) is 60.6 Å². The van der Waals surface area contributed by atoms with Gasteiger partial charge in [-0.15, -0.1) is 0 Å². The first kappa shape index (κ1) is 21.3. The average Bonchev–Trinajstić information content (AvgIpc) is 3.11. The maximum Gasteiger partial charge on any atom is 0.232 e. The summed E-state index contributed by atoms with van der Waals surface area (Å²) in [7, 11) is 2.10. The van der Waals surface area contributed by atoms with Gasteiger partial charge >= 0.3 is 0 Å². The molecular formula is C22H31FN4O2. The molecule has 158 valence electrons. The minimum Gasteiger partial charge on any atom is -0.338 e. The van der Waals surface area contributed by atoms with E-state index in [9.17, 15) is 9.18 Å². The van der Waals surface area contributed by atoms with Crippen molar-refractivity contribution in [3.8, 4) is 11.3 Å². The van der Waals surface area contributed by atoms with E-state index in [1.54, 1.807) is 12.1 Å². The second kappa shape index (κ2) is 9.39. The third kappa shape index (κ3) is 4.96. The molecule has 1 fully saturated rings. The van der Waals surface area contributed by atoms with Gasteiger partial charge in [0.2, 0.25) is 11.8 Å². The number of rotatable bonds is 7. The summed E-state index contributed by atoms with van der Waals surface area (Å²) in [6, 6.07) is 6.26. The van der Waals surface area contributed by atoms with Crippen LogP contribution in [0.2, 0.25) is 0 Å². The summed E-state index contributed by atoms with van der Waals surface area (Å²) in [6.45, 7) is 10.6. The van der Waals surface area contributed by atoms with Crippen LogP contribution in [0.4, 0.5) is 10.3 Å². The maximum absolute atomic E-state index is 13.4. The molecule has 0 N–H and O–H groups in total. The van der Waals surface area contributed by atoms with Crippen LogP contribution in [-0.2, 0) is 11.3 Å². The van der Waals surface area contributed by atoms with Crippen LogP contribution in [0.25, 0.3) is 11.3 Å². The Bertz CT molecular complexity index is 811. The third-order valence-corrected chi connectivity index (χ3v) is 5.32. The molecule has 2 aromatic rings. The minimum absolute atomic E-state index is 0.0808. The van der Waals surface area contributed by atoms with E-state index in [1.165, 1.54) is 12.1 Å². The first-order valence-corrected chi connectivity index (χ1v) is 10.4. The van der Waals surface area contributed by atoms with Crippen LogP contribution in [0.5, 0.6) is 0 Å². The topological polar surface area (TPSA) is 52.8 Å². The maximum atomic E-state index is 13.4. The van der Waals surface area contributed by atoms with Crippen LogP contribution < -0.4 is 4.90 Å². The zero-order chi connectivity index (χ0) is 21.0. The van der Waals surface area contributed by atoms with Gasteiger partial charge in [-0.2, -0.15) is 0 Å². The standard InChI is InChI=1S/C22H31FN4O2/c1-5-10-27(21(28)16(2)3)15-19-20(17-6-8-18(23)9-7-17)24-29-22(19)26-13-11-25(4)12-14-26/h6-9,16H,5,10-15H2,1-4H3. The summed E-state index contributed by atoms with van der Waals surface area (Å²) >= 11 is 0. The molecule has 0 aliphatic carbocycles. The van der Waals surface area contributed by atoms with E-state index in [2.05, 4.69) is 28.9 Å². The highest BCUT2D eigenvalue weighted by atomic mass is 19.1. The van der Waals surface area contributed by atoms with Gasteiger partial charge in [-0.05, 0) is 37.7 Å². The Labute approximate surface area is 172 Å². The first-order valence-electron chi connectivity index (χ1n) is 10.4. The second-order valence-corrected chi connectivity index (χ2v) is 8.03. The quantitative estimate of drug-likeness (QED) is 0.708. The molecule has 1 aromatic heterocycles. The molecule has 1 saturated heterocycles. The molecule has 1 aromatic carbocycles. The zero-order valence-corrected chi connectivity index (χ0v) is 17.8. The number of piperazine rings is 1. The van der Waals surface area contributed by atoms with Crippen molar-refractivity contribution < 1.29 is 13.7 Å². The van der Waals surface area contributed by atoms with Crippen LogP contribution in [0, 0.1) is 11.7 Å². The van der Waals surface area contributed by atoms with Crippen molar-refractivity contribution in [2.75, 3.05) is 44.7 Å². The monoisotopic (exact) mass is 402 g/mol. The van der Waals surface area contributed by atoms with Gasteiger partial charge in [0.1, 0.15) is 11.5 Å².